The first kappa shape index (κ1) is 14.5. The maximum absolute atomic E-state index is 3.55. The van der Waals surface area contributed by atoms with E-state index in [1.165, 1.54) is 70.0 Å². The number of nitrogens with one attached hydrogen (secondary N) is 1. The van der Waals surface area contributed by atoms with E-state index in [-0.39, 0.29) is 0 Å². The number of hydrogen-bond donors (Lipinski definition) is 1. The number of likely N-dealkylation sites (N-methyl/N-ethyl adjacent to an activating group) is 1. The Morgan fingerprint density at radius 3 is 2.72 bits per heavy atom. The molecule has 0 heterocycles. The van der Waals surface area contributed by atoms with Crippen LogP contribution in [0.4, 0.5) is 0 Å². The van der Waals surface area contributed by atoms with E-state index in [0.717, 1.165) is 5.25 Å². The maximum Gasteiger partial charge on any atom is 0.0368 e. The molecule has 0 aliphatic heterocycles. The van der Waals surface area contributed by atoms with Gasteiger partial charge in [-0.2, -0.15) is 11.8 Å². The molecule has 1 nitrogen and oxygen atoms in total. The van der Waals surface area contributed by atoms with Crippen LogP contribution in [0.3, 0.4) is 0 Å². The number of allylic oxidation sites excluding steroid dienone is 1. The first-order valence-electron chi connectivity index (χ1n) is 7.88. The molecule has 2 rings (SSSR count). The summed E-state index contributed by atoms with van der Waals surface area (Å²) in [5.41, 5.74) is 1.69. The lowest BCUT2D eigenvalue weighted by atomic mass is 10.0. The molecule has 2 heteroatoms. The van der Waals surface area contributed by atoms with Gasteiger partial charge in [-0.25, -0.2) is 0 Å². The van der Waals surface area contributed by atoms with Gasteiger partial charge in [-0.05, 0) is 45.6 Å². The minimum atomic E-state index is 0.634. The van der Waals surface area contributed by atoms with Gasteiger partial charge in [0.2, 0.25) is 0 Å². The third-order valence-electron chi connectivity index (χ3n) is 4.42. The molecule has 0 aromatic rings. The Kier molecular flexibility index (Phi) is 6.64. The second kappa shape index (κ2) is 8.27. The number of rotatable bonds is 5. The zero-order valence-electron chi connectivity index (χ0n) is 11.9. The van der Waals surface area contributed by atoms with Crippen molar-refractivity contribution in [2.75, 3.05) is 12.8 Å². The van der Waals surface area contributed by atoms with Crippen molar-refractivity contribution in [1.82, 2.24) is 5.32 Å². The van der Waals surface area contributed by atoms with Gasteiger partial charge >= 0.3 is 0 Å². The Labute approximate surface area is 117 Å². The second-order valence-electron chi connectivity index (χ2n) is 5.81. The lowest BCUT2D eigenvalue weighted by Gasteiger charge is -2.25. The first-order valence-corrected chi connectivity index (χ1v) is 8.93. The van der Waals surface area contributed by atoms with Gasteiger partial charge in [0.25, 0.3) is 0 Å². The lowest BCUT2D eigenvalue weighted by Crippen LogP contribution is -2.31. The van der Waals surface area contributed by atoms with Gasteiger partial charge in [-0.1, -0.05) is 37.3 Å². The average molecular weight is 267 g/mol. The third-order valence-corrected chi connectivity index (χ3v) is 5.89. The number of hydrogen-bond acceptors (Lipinski definition) is 2. The van der Waals surface area contributed by atoms with Crippen molar-refractivity contribution in [1.29, 1.82) is 0 Å². The van der Waals surface area contributed by atoms with Crippen LogP contribution in [-0.4, -0.2) is 24.1 Å². The molecule has 0 spiro atoms. The molecule has 0 amide bonds. The van der Waals surface area contributed by atoms with Crippen LogP contribution in [0.2, 0.25) is 0 Å². The Balaban J connectivity index is 1.78. The van der Waals surface area contributed by atoms with Crippen molar-refractivity contribution >= 4 is 11.8 Å². The molecule has 1 unspecified atom stereocenters. The molecule has 0 radical (unpaired) electrons. The maximum atomic E-state index is 3.55. The van der Waals surface area contributed by atoms with E-state index in [0.29, 0.717) is 6.04 Å². The van der Waals surface area contributed by atoms with Crippen LogP contribution in [0.15, 0.2) is 11.6 Å². The van der Waals surface area contributed by atoms with Crippen LogP contribution in [0.25, 0.3) is 0 Å². The van der Waals surface area contributed by atoms with E-state index in [9.17, 15) is 0 Å². The minimum absolute atomic E-state index is 0.634. The SMILES string of the molecule is CNC(CSC1CCCCC1)C1=CCCCCC1. The summed E-state index contributed by atoms with van der Waals surface area (Å²) in [5.74, 6) is 1.28. The van der Waals surface area contributed by atoms with E-state index in [2.05, 4.69) is 30.2 Å². The fourth-order valence-electron chi connectivity index (χ4n) is 3.20. The molecule has 2 aliphatic carbocycles. The van der Waals surface area contributed by atoms with Crippen LogP contribution in [0.5, 0.6) is 0 Å². The molecule has 0 aromatic carbocycles. The quantitative estimate of drug-likeness (QED) is 0.734. The summed E-state index contributed by atoms with van der Waals surface area (Å²) >= 11 is 2.23. The minimum Gasteiger partial charge on any atom is -0.313 e. The van der Waals surface area contributed by atoms with Crippen molar-refractivity contribution in [3.05, 3.63) is 11.6 Å². The summed E-state index contributed by atoms with van der Waals surface area (Å²) in [7, 11) is 2.14. The summed E-state index contributed by atoms with van der Waals surface area (Å²) in [6.07, 6.45) is 16.7. The molecule has 1 fully saturated rings. The predicted molar refractivity (Wildman–Crippen MR) is 83.3 cm³/mol. The van der Waals surface area contributed by atoms with Crippen molar-refractivity contribution in [2.45, 2.75) is 75.5 Å². The highest BCUT2D eigenvalue weighted by atomic mass is 32.2. The normalized spacial score (nSPS) is 24.4. The van der Waals surface area contributed by atoms with E-state index in [1.54, 1.807) is 5.57 Å². The van der Waals surface area contributed by atoms with Crippen LogP contribution >= 0.6 is 11.8 Å². The molecule has 0 aromatic heterocycles. The van der Waals surface area contributed by atoms with Gasteiger partial charge in [0.05, 0.1) is 0 Å². The Morgan fingerprint density at radius 1 is 1.17 bits per heavy atom. The topological polar surface area (TPSA) is 12.0 Å². The van der Waals surface area contributed by atoms with Gasteiger partial charge in [-0.3, -0.25) is 0 Å². The first-order chi connectivity index (χ1) is 8.90. The predicted octanol–water partition coefficient (Wildman–Crippen LogP) is 4.53. The summed E-state index contributed by atoms with van der Waals surface area (Å²) in [6.45, 7) is 0. The number of thioether (sulfide) groups is 1. The van der Waals surface area contributed by atoms with Crippen LogP contribution in [0, 0.1) is 0 Å². The second-order valence-corrected chi connectivity index (χ2v) is 7.15. The van der Waals surface area contributed by atoms with Crippen LogP contribution < -0.4 is 5.32 Å². The largest absolute Gasteiger partial charge is 0.313 e. The average Bonchev–Trinajstić information content (AvgIpc) is 2.70. The molecule has 0 saturated heterocycles. The smallest absolute Gasteiger partial charge is 0.0368 e. The standard InChI is InChI=1S/C16H29NS/c1-17-16(14-9-5-2-3-6-10-14)13-18-15-11-7-4-8-12-15/h9,15-17H,2-8,10-13H2,1H3. The third kappa shape index (κ3) is 4.62. The summed E-state index contributed by atoms with van der Waals surface area (Å²) in [6, 6.07) is 0.634. The molecule has 18 heavy (non-hydrogen) atoms. The van der Waals surface area contributed by atoms with E-state index in [1.807, 2.05) is 0 Å². The molecule has 0 bridgehead atoms. The summed E-state index contributed by atoms with van der Waals surface area (Å²) in [5, 5.41) is 4.50. The zero-order chi connectivity index (χ0) is 12.6. The molecular formula is C16H29NS. The molecule has 2 aliphatic rings. The fourth-order valence-corrected chi connectivity index (χ4v) is 4.71. The highest BCUT2D eigenvalue weighted by Crippen LogP contribution is 2.30. The van der Waals surface area contributed by atoms with E-state index in [4.69, 9.17) is 0 Å². The zero-order valence-corrected chi connectivity index (χ0v) is 12.7. The van der Waals surface area contributed by atoms with Gasteiger partial charge < -0.3 is 5.32 Å². The van der Waals surface area contributed by atoms with Crippen molar-refractivity contribution < 1.29 is 0 Å². The van der Waals surface area contributed by atoms with Crippen molar-refractivity contribution in [3.63, 3.8) is 0 Å². The molecule has 1 atom stereocenters. The lowest BCUT2D eigenvalue weighted by molar-refractivity contribution is 0.515. The van der Waals surface area contributed by atoms with Crippen molar-refractivity contribution in [2.24, 2.45) is 0 Å². The molecule has 1 saturated carbocycles. The van der Waals surface area contributed by atoms with Crippen LogP contribution in [-0.2, 0) is 0 Å². The van der Waals surface area contributed by atoms with Gasteiger partial charge in [0.15, 0.2) is 0 Å². The molecule has 1 N–H and O–H groups in total. The Bertz CT molecular complexity index is 256. The fraction of sp³-hybridized carbons (Fsp3) is 0.875. The Morgan fingerprint density at radius 2 is 1.94 bits per heavy atom. The van der Waals surface area contributed by atoms with E-state index < -0.39 is 0 Å². The Hall–Kier alpha value is 0.0500. The van der Waals surface area contributed by atoms with Gasteiger partial charge in [0.1, 0.15) is 0 Å². The highest BCUT2D eigenvalue weighted by molar-refractivity contribution is 7.99. The van der Waals surface area contributed by atoms with E-state index >= 15 is 0 Å². The van der Waals surface area contributed by atoms with Crippen molar-refractivity contribution in [3.8, 4) is 0 Å². The summed E-state index contributed by atoms with van der Waals surface area (Å²) in [4.78, 5) is 0. The highest BCUT2D eigenvalue weighted by Gasteiger charge is 2.18. The van der Waals surface area contributed by atoms with Crippen LogP contribution in [0.1, 0.15) is 64.2 Å². The van der Waals surface area contributed by atoms with Gasteiger partial charge in [-0.15, -0.1) is 0 Å². The summed E-state index contributed by atoms with van der Waals surface area (Å²) < 4.78 is 0. The van der Waals surface area contributed by atoms with Gasteiger partial charge in [0, 0.05) is 17.0 Å². The molecular weight excluding hydrogens is 238 g/mol. The molecule has 104 valence electrons. The monoisotopic (exact) mass is 267 g/mol.